The van der Waals surface area contributed by atoms with Crippen molar-refractivity contribution in [2.45, 2.75) is 25.5 Å². The number of carbonyl (C=O) groups excluding carboxylic acids is 1. The van der Waals surface area contributed by atoms with Gasteiger partial charge in [0.1, 0.15) is 0 Å². The maximum absolute atomic E-state index is 11.9. The Morgan fingerprint density at radius 3 is 2.81 bits per heavy atom. The molecule has 26 heavy (non-hydrogen) atoms. The fraction of sp³-hybridized carbons (Fsp3) is 0.286. The van der Waals surface area contributed by atoms with Crippen LogP contribution in [0.4, 0.5) is 5.13 Å². The Hall–Kier alpha value is -2.73. The van der Waals surface area contributed by atoms with Gasteiger partial charge in [0.25, 0.3) is 10.8 Å². The van der Waals surface area contributed by atoms with Crippen LogP contribution >= 0.6 is 23.1 Å². The van der Waals surface area contributed by atoms with Crippen LogP contribution in [0.15, 0.2) is 24.6 Å². The molecule has 3 aromatic heterocycles. The Kier molecular flexibility index (Phi) is 5.32. The molecule has 0 atom stereocenters. The summed E-state index contributed by atoms with van der Waals surface area (Å²) >= 11 is 2.42. The summed E-state index contributed by atoms with van der Waals surface area (Å²) in [5.41, 5.74) is 0.536. The molecular formula is C14H14N6O4S2. The Bertz CT molecular complexity index is 1050. The standard InChI is InChI=1S/C14H14N6O4S2/c1-6-4-25-13(15-6)17-9(21)5-26-14-20-19-10(24-14)3-8-7(2)16-12(23)18-11(8)22/h4H,3,5H2,1-2H3,(H,15,17,21)(H2,16,18,22,23). The summed E-state index contributed by atoms with van der Waals surface area (Å²) in [6.07, 6.45) is 0.0795. The van der Waals surface area contributed by atoms with Gasteiger partial charge in [-0.2, -0.15) is 0 Å². The van der Waals surface area contributed by atoms with Crippen LogP contribution in [0.1, 0.15) is 22.8 Å². The number of aryl methyl sites for hydroxylation is 2. The van der Waals surface area contributed by atoms with Crippen LogP contribution in [0.3, 0.4) is 0 Å². The summed E-state index contributed by atoms with van der Waals surface area (Å²) in [6, 6.07) is 0. The summed E-state index contributed by atoms with van der Waals surface area (Å²) in [5.74, 6) is 0.0551. The van der Waals surface area contributed by atoms with Gasteiger partial charge in [-0.1, -0.05) is 11.8 Å². The number of hydrogen-bond donors (Lipinski definition) is 3. The number of carbonyl (C=O) groups is 1. The van der Waals surface area contributed by atoms with Crippen LogP contribution < -0.4 is 16.6 Å². The van der Waals surface area contributed by atoms with Gasteiger partial charge in [0.15, 0.2) is 5.13 Å². The molecule has 10 nitrogen and oxygen atoms in total. The molecule has 0 spiro atoms. The van der Waals surface area contributed by atoms with E-state index in [1.165, 1.54) is 11.3 Å². The second-order valence-electron chi connectivity index (χ2n) is 5.28. The van der Waals surface area contributed by atoms with Gasteiger partial charge in [0.05, 0.1) is 17.9 Å². The fourth-order valence-electron chi connectivity index (χ4n) is 2.05. The second kappa shape index (κ2) is 7.66. The molecule has 0 saturated heterocycles. The van der Waals surface area contributed by atoms with Gasteiger partial charge in [-0.3, -0.25) is 14.6 Å². The molecule has 3 N–H and O–H groups in total. The zero-order valence-corrected chi connectivity index (χ0v) is 15.4. The smallest absolute Gasteiger partial charge is 0.325 e. The summed E-state index contributed by atoms with van der Waals surface area (Å²) in [6.45, 7) is 3.46. The minimum Gasteiger partial charge on any atom is -0.416 e. The topological polar surface area (TPSA) is 147 Å². The Morgan fingerprint density at radius 2 is 2.12 bits per heavy atom. The molecule has 0 aliphatic carbocycles. The Labute approximate surface area is 154 Å². The lowest BCUT2D eigenvalue weighted by molar-refractivity contribution is -0.113. The summed E-state index contributed by atoms with van der Waals surface area (Å²) in [7, 11) is 0. The predicted molar refractivity (Wildman–Crippen MR) is 95.7 cm³/mol. The van der Waals surface area contributed by atoms with E-state index < -0.39 is 11.2 Å². The van der Waals surface area contributed by atoms with Crippen LogP contribution in [0.5, 0.6) is 0 Å². The lowest BCUT2D eigenvalue weighted by Crippen LogP contribution is -2.27. The highest BCUT2D eigenvalue weighted by atomic mass is 32.2. The zero-order chi connectivity index (χ0) is 18.7. The molecular weight excluding hydrogens is 380 g/mol. The van der Waals surface area contributed by atoms with Gasteiger partial charge in [0, 0.05) is 16.6 Å². The molecule has 12 heteroatoms. The van der Waals surface area contributed by atoms with Crippen LogP contribution in [-0.2, 0) is 11.2 Å². The first kappa shape index (κ1) is 18.1. The molecule has 3 heterocycles. The van der Waals surface area contributed by atoms with Gasteiger partial charge >= 0.3 is 5.69 Å². The number of thiazole rings is 1. The first-order valence-corrected chi connectivity index (χ1v) is 9.26. The molecule has 0 bridgehead atoms. The number of aromatic amines is 2. The summed E-state index contributed by atoms with van der Waals surface area (Å²) in [4.78, 5) is 43.7. The first-order valence-electron chi connectivity index (χ1n) is 7.40. The number of thioether (sulfide) groups is 1. The lowest BCUT2D eigenvalue weighted by atomic mass is 10.2. The molecule has 3 rings (SSSR count). The normalized spacial score (nSPS) is 10.8. The van der Waals surface area contributed by atoms with Gasteiger partial charge in [0.2, 0.25) is 11.8 Å². The maximum atomic E-state index is 11.9. The van der Waals surface area contributed by atoms with Gasteiger partial charge in [-0.25, -0.2) is 9.78 Å². The predicted octanol–water partition coefficient (Wildman–Crippen LogP) is 0.841. The molecule has 1 amide bonds. The third kappa shape index (κ3) is 4.46. The molecule has 3 aromatic rings. The SMILES string of the molecule is Cc1csc(NC(=O)CSc2nnc(Cc3c(C)[nH]c(=O)[nH]c3=O)o2)n1. The highest BCUT2D eigenvalue weighted by Crippen LogP contribution is 2.19. The largest absolute Gasteiger partial charge is 0.416 e. The van der Waals surface area contributed by atoms with Gasteiger partial charge in [-0.15, -0.1) is 21.5 Å². The van der Waals surface area contributed by atoms with E-state index in [1.807, 2.05) is 12.3 Å². The van der Waals surface area contributed by atoms with Crippen LogP contribution in [0, 0.1) is 13.8 Å². The fourth-order valence-corrected chi connectivity index (χ4v) is 3.34. The van der Waals surface area contributed by atoms with E-state index in [4.69, 9.17) is 4.42 Å². The summed E-state index contributed by atoms with van der Waals surface area (Å²) in [5, 5.41) is 13.0. The number of nitrogens with zero attached hydrogens (tertiary/aromatic N) is 3. The molecule has 0 aliphatic heterocycles. The average Bonchev–Trinajstić information content (AvgIpc) is 3.18. The van der Waals surface area contributed by atoms with Crippen molar-refractivity contribution in [1.29, 1.82) is 0 Å². The highest BCUT2D eigenvalue weighted by molar-refractivity contribution is 7.99. The molecule has 0 saturated carbocycles. The van der Waals surface area contributed by atoms with Crippen molar-refractivity contribution in [3.05, 3.63) is 49.1 Å². The van der Waals surface area contributed by atoms with Crippen molar-refractivity contribution in [2.24, 2.45) is 0 Å². The van der Waals surface area contributed by atoms with Crippen molar-refractivity contribution in [2.75, 3.05) is 11.1 Å². The molecule has 0 fully saturated rings. The number of hydrogen-bond acceptors (Lipinski definition) is 9. The zero-order valence-electron chi connectivity index (χ0n) is 13.8. The van der Waals surface area contributed by atoms with Gasteiger partial charge in [-0.05, 0) is 13.8 Å². The maximum Gasteiger partial charge on any atom is 0.325 e. The first-order chi connectivity index (χ1) is 12.4. The van der Waals surface area contributed by atoms with Crippen LogP contribution in [0.25, 0.3) is 0 Å². The van der Waals surface area contributed by atoms with E-state index in [0.717, 1.165) is 17.5 Å². The number of rotatable bonds is 6. The van der Waals surface area contributed by atoms with E-state index in [0.29, 0.717) is 16.4 Å². The van der Waals surface area contributed by atoms with Crippen molar-refractivity contribution < 1.29 is 9.21 Å². The number of H-pyrrole nitrogens is 2. The molecule has 0 unspecified atom stereocenters. The van der Waals surface area contributed by atoms with Crippen LogP contribution in [0.2, 0.25) is 0 Å². The molecule has 136 valence electrons. The van der Waals surface area contributed by atoms with E-state index in [1.54, 1.807) is 6.92 Å². The number of anilines is 1. The van der Waals surface area contributed by atoms with Gasteiger partial charge < -0.3 is 14.7 Å². The Balaban J connectivity index is 1.59. The summed E-state index contributed by atoms with van der Waals surface area (Å²) < 4.78 is 5.44. The number of aromatic nitrogens is 5. The van der Waals surface area contributed by atoms with Crippen LogP contribution in [-0.4, -0.2) is 36.8 Å². The second-order valence-corrected chi connectivity index (χ2v) is 7.07. The molecule has 0 radical (unpaired) electrons. The third-order valence-electron chi connectivity index (χ3n) is 3.22. The highest BCUT2D eigenvalue weighted by Gasteiger charge is 2.14. The lowest BCUT2D eigenvalue weighted by Gasteiger charge is -2.00. The van der Waals surface area contributed by atoms with Crippen molar-refractivity contribution in [3.8, 4) is 0 Å². The average molecular weight is 394 g/mol. The van der Waals surface area contributed by atoms with E-state index >= 15 is 0 Å². The Morgan fingerprint density at radius 1 is 1.31 bits per heavy atom. The number of amides is 1. The monoisotopic (exact) mass is 394 g/mol. The molecule has 0 aliphatic rings. The van der Waals surface area contributed by atoms with E-state index in [2.05, 4.69) is 30.5 Å². The third-order valence-corrected chi connectivity index (χ3v) is 4.92. The minimum atomic E-state index is -0.570. The van der Waals surface area contributed by atoms with Crippen molar-refractivity contribution >= 4 is 34.1 Å². The number of nitrogens with one attached hydrogen (secondary N) is 3. The van der Waals surface area contributed by atoms with Crippen molar-refractivity contribution in [1.82, 2.24) is 25.1 Å². The van der Waals surface area contributed by atoms with E-state index in [9.17, 15) is 14.4 Å². The minimum absolute atomic E-state index is 0.0795. The quantitative estimate of drug-likeness (QED) is 0.521. The van der Waals surface area contributed by atoms with E-state index in [-0.39, 0.29) is 29.2 Å². The molecule has 0 aromatic carbocycles. The van der Waals surface area contributed by atoms with Crippen molar-refractivity contribution in [3.63, 3.8) is 0 Å².